The van der Waals surface area contributed by atoms with E-state index in [9.17, 15) is 13.2 Å². The third-order valence-corrected chi connectivity index (χ3v) is 8.49. The summed E-state index contributed by atoms with van der Waals surface area (Å²) < 4.78 is 27.8. The van der Waals surface area contributed by atoms with Crippen LogP contribution in [0.4, 0.5) is 0 Å². The largest absolute Gasteiger partial charge is 0.361 e. The second-order valence-electron chi connectivity index (χ2n) is 8.60. The Balaban J connectivity index is 1.34. The maximum atomic E-state index is 13.3. The smallest absolute Gasteiger partial charge is 0.243 e. The van der Waals surface area contributed by atoms with Gasteiger partial charge < -0.3 is 9.88 Å². The first-order valence-electron chi connectivity index (χ1n) is 11.1. The number of hydrogen-bond acceptors (Lipinski definition) is 3. The van der Waals surface area contributed by atoms with Crippen LogP contribution in [-0.2, 0) is 14.8 Å². The van der Waals surface area contributed by atoms with E-state index in [4.69, 9.17) is 0 Å². The summed E-state index contributed by atoms with van der Waals surface area (Å²) in [6.07, 6.45) is 6.15. The van der Waals surface area contributed by atoms with Gasteiger partial charge in [0.05, 0.1) is 4.90 Å². The van der Waals surface area contributed by atoms with Crippen molar-refractivity contribution in [1.29, 1.82) is 0 Å². The molecule has 166 valence electrons. The van der Waals surface area contributed by atoms with Gasteiger partial charge in [-0.2, -0.15) is 4.31 Å². The lowest BCUT2D eigenvalue weighted by Crippen LogP contribution is -2.48. The summed E-state index contributed by atoms with van der Waals surface area (Å²) in [6, 6.07) is 14.4. The Hall–Kier alpha value is -2.90. The summed E-state index contributed by atoms with van der Waals surface area (Å²) in [4.78, 5) is 18.7. The second kappa shape index (κ2) is 8.22. The normalized spacial score (nSPS) is 20.0. The molecule has 1 aromatic heterocycles. The molecule has 2 aliphatic heterocycles. The van der Waals surface area contributed by atoms with Gasteiger partial charge in [-0.25, -0.2) is 8.42 Å². The Labute approximate surface area is 188 Å². The quantitative estimate of drug-likeness (QED) is 0.656. The molecule has 3 heterocycles. The number of carbonyl (C=O) groups is 1. The van der Waals surface area contributed by atoms with Crippen molar-refractivity contribution in [3.8, 4) is 0 Å². The van der Waals surface area contributed by atoms with Crippen LogP contribution in [0.3, 0.4) is 0 Å². The van der Waals surface area contributed by atoms with Crippen LogP contribution < -0.4 is 0 Å². The number of sulfonamides is 1. The molecule has 0 bridgehead atoms. The van der Waals surface area contributed by atoms with Gasteiger partial charge in [-0.3, -0.25) is 4.79 Å². The Bertz CT molecular complexity index is 1290. The van der Waals surface area contributed by atoms with Crippen molar-refractivity contribution in [1.82, 2.24) is 14.2 Å². The van der Waals surface area contributed by atoms with Crippen LogP contribution in [0.15, 0.2) is 65.7 Å². The number of H-pyrrole nitrogens is 1. The highest BCUT2D eigenvalue weighted by Crippen LogP contribution is 2.31. The van der Waals surface area contributed by atoms with Crippen LogP contribution >= 0.6 is 0 Å². The summed E-state index contributed by atoms with van der Waals surface area (Å²) in [5, 5.41) is 1.18. The van der Waals surface area contributed by atoms with Gasteiger partial charge in [0.1, 0.15) is 6.04 Å². The molecule has 1 N–H and O–H groups in total. The number of para-hydroxylation sites is 1. The Morgan fingerprint density at radius 3 is 2.59 bits per heavy atom. The molecule has 0 aliphatic carbocycles. The molecule has 5 rings (SSSR count). The standard InChI is InChI=1S/C25H27N3O3S/c1-18-8-10-20(11-9-18)32(30,31)28-14-4-7-24(28)25(29)27-15-12-19(13-16-27)22-17-26-23-6-3-2-5-21(22)23/h2-3,5-6,8-12,17,24,26H,4,7,13-16H2,1H3. The SMILES string of the molecule is Cc1ccc(S(=O)(=O)N2CCCC2C(=O)N2CC=C(c3c[nH]c4ccccc34)CC2)cc1. The zero-order valence-electron chi connectivity index (χ0n) is 18.1. The van der Waals surface area contributed by atoms with Gasteiger partial charge in [0, 0.05) is 42.3 Å². The molecule has 0 spiro atoms. The Morgan fingerprint density at radius 2 is 1.84 bits per heavy atom. The van der Waals surface area contributed by atoms with Crippen LogP contribution in [0.2, 0.25) is 0 Å². The number of rotatable bonds is 4. The zero-order valence-corrected chi connectivity index (χ0v) is 18.9. The van der Waals surface area contributed by atoms with Crippen LogP contribution in [0.25, 0.3) is 16.5 Å². The molecular formula is C25H27N3O3S. The average molecular weight is 450 g/mol. The van der Waals surface area contributed by atoms with Crippen LogP contribution in [0, 0.1) is 6.92 Å². The molecule has 0 radical (unpaired) electrons. The molecule has 7 heteroatoms. The van der Waals surface area contributed by atoms with Crippen molar-refractivity contribution >= 4 is 32.4 Å². The molecule has 1 atom stereocenters. The van der Waals surface area contributed by atoms with Crippen molar-refractivity contribution in [2.24, 2.45) is 0 Å². The van der Waals surface area contributed by atoms with Crippen molar-refractivity contribution in [3.05, 3.63) is 71.9 Å². The minimum Gasteiger partial charge on any atom is -0.361 e. The third kappa shape index (κ3) is 3.65. The minimum absolute atomic E-state index is 0.0904. The third-order valence-electron chi connectivity index (χ3n) is 6.57. The molecule has 1 saturated heterocycles. The van der Waals surface area contributed by atoms with E-state index in [0.717, 1.165) is 17.5 Å². The highest BCUT2D eigenvalue weighted by molar-refractivity contribution is 7.89. The van der Waals surface area contributed by atoms with E-state index in [2.05, 4.69) is 23.2 Å². The van der Waals surface area contributed by atoms with Gasteiger partial charge in [0.25, 0.3) is 0 Å². The van der Waals surface area contributed by atoms with Gasteiger partial charge in [0.15, 0.2) is 0 Å². The lowest BCUT2D eigenvalue weighted by molar-refractivity contribution is -0.134. The van der Waals surface area contributed by atoms with Crippen molar-refractivity contribution in [3.63, 3.8) is 0 Å². The van der Waals surface area contributed by atoms with Crippen LogP contribution in [0.5, 0.6) is 0 Å². The molecule has 3 aromatic rings. The van der Waals surface area contributed by atoms with Crippen molar-refractivity contribution in [2.45, 2.75) is 37.1 Å². The highest BCUT2D eigenvalue weighted by atomic mass is 32.2. The maximum Gasteiger partial charge on any atom is 0.243 e. The van der Waals surface area contributed by atoms with Crippen molar-refractivity contribution < 1.29 is 13.2 Å². The number of hydrogen-bond donors (Lipinski definition) is 1. The first-order chi connectivity index (χ1) is 15.4. The number of fused-ring (bicyclic) bond motifs is 1. The molecular weight excluding hydrogens is 422 g/mol. The predicted octanol–water partition coefficient (Wildman–Crippen LogP) is 3.95. The number of benzene rings is 2. The van der Waals surface area contributed by atoms with Crippen LogP contribution in [-0.4, -0.2) is 54.2 Å². The van der Waals surface area contributed by atoms with Crippen molar-refractivity contribution in [2.75, 3.05) is 19.6 Å². The summed E-state index contributed by atoms with van der Waals surface area (Å²) in [5.41, 5.74) is 4.51. The summed E-state index contributed by atoms with van der Waals surface area (Å²) >= 11 is 0. The number of aromatic nitrogens is 1. The second-order valence-corrected chi connectivity index (χ2v) is 10.5. The van der Waals surface area contributed by atoms with Crippen LogP contribution in [0.1, 0.15) is 30.4 Å². The fraction of sp³-hybridized carbons (Fsp3) is 0.320. The fourth-order valence-electron chi connectivity index (χ4n) is 4.78. The molecule has 1 fully saturated rings. The average Bonchev–Trinajstić information content (AvgIpc) is 3.47. The maximum absolute atomic E-state index is 13.3. The highest BCUT2D eigenvalue weighted by Gasteiger charge is 2.41. The summed E-state index contributed by atoms with van der Waals surface area (Å²) in [6.45, 7) is 3.41. The topological polar surface area (TPSA) is 73.5 Å². The number of nitrogens with one attached hydrogen (secondary N) is 1. The first kappa shape index (κ1) is 21.0. The van der Waals surface area contributed by atoms with Gasteiger partial charge in [-0.05, 0) is 50.0 Å². The predicted molar refractivity (Wildman–Crippen MR) is 126 cm³/mol. The molecule has 6 nitrogen and oxygen atoms in total. The van der Waals surface area contributed by atoms with E-state index in [1.807, 2.05) is 25.3 Å². The van der Waals surface area contributed by atoms with E-state index in [-0.39, 0.29) is 10.8 Å². The summed E-state index contributed by atoms with van der Waals surface area (Å²) in [5.74, 6) is -0.0904. The zero-order chi connectivity index (χ0) is 22.3. The van der Waals surface area contributed by atoms with E-state index >= 15 is 0 Å². The number of aryl methyl sites for hydroxylation is 1. The fourth-order valence-corrected chi connectivity index (χ4v) is 6.43. The molecule has 2 aromatic carbocycles. The van der Waals surface area contributed by atoms with E-state index in [1.165, 1.54) is 20.8 Å². The number of aromatic amines is 1. The molecule has 1 amide bonds. The molecule has 0 saturated carbocycles. The lowest BCUT2D eigenvalue weighted by atomic mass is 9.98. The number of carbonyl (C=O) groups excluding carboxylic acids is 1. The van der Waals surface area contributed by atoms with Gasteiger partial charge >= 0.3 is 0 Å². The van der Waals surface area contributed by atoms with E-state index in [0.29, 0.717) is 32.5 Å². The molecule has 1 unspecified atom stereocenters. The lowest BCUT2D eigenvalue weighted by Gasteiger charge is -2.32. The Kier molecular flexibility index (Phi) is 5.39. The number of amides is 1. The molecule has 32 heavy (non-hydrogen) atoms. The Morgan fingerprint density at radius 1 is 1.06 bits per heavy atom. The molecule has 2 aliphatic rings. The minimum atomic E-state index is -3.69. The first-order valence-corrected chi connectivity index (χ1v) is 12.5. The number of nitrogens with zero attached hydrogens (tertiary/aromatic N) is 2. The van der Waals surface area contributed by atoms with Gasteiger partial charge in [-0.1, -0.05) is 42.0 Å². The monoisotopic (exact) mass is 449 g/mol. The van der Waals surface area contributed by atoms with E-state index in [1.54, 1.807) is 29.2 Å². The van der Waals surface area contributed by atoms with E-state index < -0.39 is 16.1 Å². The van der Waals surface area contributed by atoms with Gasteiger partial charge in [-0.15, -0.1) is 0 Å². The summed E-state index contributed by atoms with van der Waals surface area (Å²) in [7, 11) is -3.69. The van der Waals surface area contributed by atoms with Gasteiger partial charge in [0.2, 0.25) is 15.9 Å².